The van der Waals surface area contributed by atoms with Gasteiger partial charge in [-0.15, -0.1) is 11.3 Å². The molecule has 0 radical (unpaired) electrons. The van der Waals surface area contributed by atoms with Gasteiger partial charge in [-0.3, -0.25) is 4.90 Å². The van der Waals surface area contributed by atoms with Crippen LogP contribution in [0.4, 0.5) is 0 Å². The highest BCUT2D eigenvalue weighted by Gasteiger charge is 2.28. The minimum Gasteiger partial charge on any atom is -0.326 e. The third kappa shape index (κ3) is 3.35. The second-order valence-electron chi connectivity index (χ2n) is 5.33. The summed E-state index contributed by atoms with van der Waals surface area (Å²) in [5.41, 5.74) is 6.23. The molecule has 2 rings (SSSR count). The average Bonchev–Trinajstić information content (AvgIpc) is 2.76. The monoisotopic (exact) mass is 330 g/mol. The van der Waals surface area contributed by atoms with Crippen LogP contribution in [0.2, 0.25) is 0 Å². The van der Waals surface area contributed by atoms with Crippen LogP contribution in [0.5, 0.6) is 0 Å². The molecule has 4 heteroatoms. The first-order valence-electron chi connectivity index (χ1n) is 6.86. The van der Waals surface area contributed by atoms with Gasteiger partial charge in [-0.05, 0) is 66.8 Å². The van der Waals surface area contributed by atoms with Crippen molar-refractivity contribution in [2.75, 3.05) is 13.1 Å². The lowest BCUT2D eigenvalue weighted by Gasteiger charge is -2.38. The van der Waals surface area contributed by atoms with Gasteiger partial charge in [-0.1, -0.05) is 13.3 Å². The maximum Gasteiger partial charge on any atom is 0.0702 e. The van der Waals surface area contributed by atoms with E-state index in [-0.39, 0.29) is 6.04 Å². The van der Waals surface area contributed by atoms with Gasteiger partial charge in [0.05, 0.1) is 9.83 Å². The van der Waals surface area contributed by atoms with Gasteiger partial charge in [-0.25, -0.2) is 0 Å². The molecule has 2 N–H and O–H groups in total. The van der Waals surface area contributed by atoms with Gasteiger partial charge in [0.25, 0.3) is 0 Å². The van der Waals surface area contributed by atoms with Crippen molar-refractivity contribution in [2.45, 2.75) is 45.2 Å². The number of nitrogens with zero attached hydrogens (tertiary/aromatic N) is 1. The van der Waals surface area contributed by atoms with Crippen LogP contribution >= 0.6 is 27.3 Å². The molecule has 1 aliphatic heterocycles. The first-order chi connectivity index (χ1) is 8.61. The molecule has 2 heterocycles. The largest absolute Gasteiger partial charge is 0.326 e. The highest BCUT2D eigenvalue weighted by atomic mass is 79.9. The van der Waals surface area contributed by atoms with Gasteiger partial charge in [0.1, 0.15) is 0 Å². The highest BCUT2D eigenvalue weighted by molar-refractivity contribution is 9.11. The number of thiophene rings is 1. The molecule has 1 aromatic rings. The molecule has 102 valence electrons. The van der Waals surface area contributed by atoms with Crippen molar-refractivity contribution in [2.24, 2.45) is 11.7 Å². The molecular formula is C14H23BrN2S. The topological polar surface area (TPSA) is 29.3 Å². The smallest absolute Gasteiger partial charge is 0.0702 e. The van der Waals surface area contributed by atoms with E-state index in [2.05, 4.69) is 46.8 Å². The van der Waals surface area contributed by atoms with E-state index >= 15 is 0 Å². The fourth-order valence-electron chi connectivity index (χ4n) is 2.90. The Hall–Kier alpha value is 0.1000. The Bertz CT molecular complexity index is 370. The van der Waals surface area contributed by atoms with Crippen molar-refractivity contribution in [3.63, 3.8) is 0 Å². The van der Waals surface area contributed by atoms with Crippen molar-refractivity contribution >= 4 is 27.3 Å². The number of likely N-dealkylation sites (tertiary alicyclic amines) is 1. The van der Waals surface area contributed by atoms with Crippen LogP contribution in [0.1, 0.15) is 44.0 Å². The summed E-state index contributed by atoms with van der Waals surface area (Å²) in [4.78, 5) is 3.97. The minimum atomic E-state index is 0.189. The van der Waals surface area contributed by atoms with Gasteiger partial charge in [-0.2, -0.15) is 0 Å². The van der Waals surface area contributed by atoms with E-state index in [1.165, 1.54) is 41.0 Å². The van der Waals surface area contributed by atoms with Gasteiger partial charge >= 0.3 is 0 Å². The Morgan fingerprint density at radius 2 is 2.11 bits per heavy atom. The standard InChI is InChI=1S/C14H23BrN2S/c1-3-11-6-8-17(9-7-11)14(10(2)16)12-4-5-13(15)18-12/h4-5,10-11,14H,3,6-9,16H2,1-2H3. The molecule has 18 heavy (non-hydrogen) atoms. The molecule has 2 nitrogen and oxygen atoms in total. The van der Waals surface area contributed by atoms with E-state index in [9.17, 15) is 0 Å². The summed E-state index contributed by atoms with van der Waals surface area (Å²) in [5, 5.41) is 0. The molecule has 1 fully saturated rings. The third-order valence-corrected chi connectivity index (χ3v) is 5.70. The van der Waals surface area contributed by atoms with Gasteiger partial charge < -0.3 is 5.73 Å². The number of piperidine rings is 1. The Labute approximate surface area is 123 Å². The van der Waals surface area contributed by atoms with Crippen LogP contribution in [-0.2, 0) is 0 Å². The van der Waals surface area contributed by atoms with E-state index in [0.717, 1.165) is 5.92 Å². The zero-order valence-electron chi connectivity index (χ0n) is 11.2. The quantitative estimate of drug-likeness (QED) is 0.903. The number of hydrogen-bond donors (Lipinski definition) is 1. The van der Waals surface area contributed by atoms with Gasteiger partial charge in [0, 0.05) is 10.9 Å². The van der Waals surface area contributed by atoms with Gasteiger partial charge in [0.15, 0.2) is 0 Å². The first kappa shape index (κ1) is 14.5. The molecule has 0 aromatic carbocycles. The second-order valence-corrected chi connectivity index (χ2v) is 7.83. The summed E-state index contributed by atoms with van der Waals surface area (Å²) >= 11 is 5.37. The predicted molar refractivity (Wildman–Crippen MR) is 83.0 cm³/mol. The SMILES string of the molecule is CCC1CCN(C(c2ccc(Br)s2)C(C)N)CC1. The summed E-state index contributed by atoms with van der Waals surface area (Å²) in [6.45, 7) is 6.82. The van der Waals surface area contributed by atoms with E-state index in [1.54, 1.807) is 0 Å². The maximum absolute atomic E-state index is 6.23. The molecule has 2 atom stereocenters. The lowest BCUT2D eigenvalue weighted by molar-refractivity contribution is 0.119. The molecule has 1 aliphatic rings. The van der Waals surface area contributed by atoms with Crippen LogP contribution in [0.3, 0.4) is 0 Å². The molecule has 2 unspecified atom stereocenters. The van der Waals surface area contributed by atoms with Gasteiger partial charge in [0.2, 0.25) is 0 Å². The number of hydrogen-bond acceptors (Lipinski definition) is 3. The number of nitrogens with two attached hydrogens (primary N) is 1. The first-order valence-corrected chi connectivity index (χ1v) is 8.47. The summed E-state index contributed by atoms with van der Waals surface area (Å²) in [7, 11) is 0. The van der Waals surface area contributed by atoms with Crippen LogP contribution in [0.25, 0.3) is 0 Å². The Balaban J connectivity index is 2.07. The summed E-state index contributed by atoms with van der Waals surface area (Å²) < 4.78 is 1.20. The lowest BCUT2D eigenvalue weighted by Crippen LogP contribution is -2.43. The van der Waals surface area contributed by atoms with Crippen molar-refractivity contribution in [3.05, 3.63) is 20.8 Å². The fourth-order valence-corrected chi connectivity index (χ4v) is 4.57. The molecule has 0 aliphatic carbocycles. The van der Waals surface area contributed by atoms with E-state index in [0.29, 0.717) is 6.04 Å². The summed E-state index contributed by atoms with van der Waals surface area (Å²) in [5.74, 6) is 0.921. The number of halogens is 1. The van der Waals surface area contributed by atoms with Crippen LogP contribution < -0.4 is 5.73 Å². The van der Waals surface area contributed by atoms with Crippen LogP contribution in [-0.4, -0.2) is 24.0 Å². The Kier molecular flexibility index (Phi) is 5.24. The van der Waals surface area contributed by atoms with Crippen LogP contribution in [0.15, 0.2) is 15.9 Å². The van der Waals surface area contributed by atoms with E-state index in [4.69, 9.17) is 5.73 Å². The average molecular weight is 331 g/mol. The Morgan fingerprint density at radius 1 is 1.44 bits per heavy atom. The predicted octanol–water partition coefficient (Wildman–Crippen LogP) is 4.02. The normalized spacial score (nSPS) is 22.0. The molecule has 1 aromatic heterocycles. The zero-order chi connectivity index (χ0) is 13.1. The fraction of sp³-hybridized carbons (Fsp3) is 0.714. The molecule has 1 saturated heterocycles. The molecule has 0 bridgehead atoms. The Morgan fingerprint density at radius 3 is 2.56 bits per heavy atom. The maximum atomic E-state index is 6.23. The van der Waals surface area contributed by atoms with Crippen molar-refractivity contribution in [3.8, 4) is 0 Å². The van der Waals surface area contributed by atoms with Crippen molar-refractivity contribution < 1.29 is 0 Å². The van der Waals surface area contributed by atoms with E-state index < -0.39 is 0 Å². The van der Waals surface area contributed by atoms with Crippen molar-refractivity contribution in [1.82, 2.24) is 4.90 Å². The highest BCUT2D eigenvalue weighted by Crippen LogP contribution is 2.35. The molecule has 0 amide bonds. The summed E-state index contributed by atoms with van der Waals surface area (Å²) in [6, 6.07) is 4.93. The van der Waals surface area contributed by atoms with Crippen molar-refractivity contribution in [1.29, 1.82) is 0 Å². The second kappa shape index (κ2) is 6.51. The minimum absolute atomic E-state index is 0.189. The summed E-state index contributed by atoms with van der Waals surface area (Å²) in [6.07, 6.45) is 3.97. The third-order valence-electron chi connectivity index (χ3n) is 4.00. The number of rotatable bonds is 4. The molecule has 0 saturated carbocycles. The molecule has 0 spiro atoms. The lowest BCUT2D eigenvalue weighted by atomic mass is 9.92. The zero-order valence-corrected chi connectivity index (χ0v) is 13.6. The van der Waals surface area contributed by atoms with E-state index in [1.807, 2.05) is 11.3 Å². The van der Waals surface area contributed by atoms with Crippen LogP contribution in [0, 0.1) is 5.92 Å². The molecular weight excluding hydrogens is 308 g/mol.